The van der Waals surface area contributed by atoms with Crippen molar-refractivity contribution < 1.29 is 9.50 Å². The molecular weight excluding hydrogens is 411 g/mol. The number of aryl methyl sites for hydroxylation is 1. The number of nitrogens with two attached hydrogens (primary N) is 1. The summed E-state index contributed by atoms with van der Waals surface area (Å²) in [5.41, 5.74) is 7.94. The second-order valence-corrected chi connectivity index (χ2v) is 9.45. The Morgan fingerprint density at radius 2 is 2.07 bits per heavy atom. The lowest BCUT2D eigenvalue weighted by atomic mass is 9.74. The van der Waals surface area contributed by atoms with Crippen LogP contribution in [0.25, 0.3) is 0 Å². The van der Waals surface area contributed by atoms with Crippen molar-refractivity contribution in [3.05, 3.63) is 40.4 Å². The van der Waals surface area contributed by atoms with Crippen LogP contribution in [0.3, 0.4) is 0 Å². The maximum absolute atomic E-state index is 13.8. The van der Waals surface area contributed by atoms with Crippen LogP contribution in [-0.2, 0) is 6.61 Å². The van der Waals surface area contributed by atoms with Crippen LogP contribution < -0.4 is 10.6 Å². The van der Waals surface area contributed by atoms with Crippen molar-refractivity contribution in [2.45, 2.75) is 61.6 Å². The monoisotopic (exact) mass is 436 g/mol. The predicted octanol–water partition coefficient (Wildman–Crippen LogP) is 4.32. The molecular formula is C21H26ClFN4OS. The van der Waals surface area contributed by atoms with Crippen LogP contribution in [0.15, 0.2) is 28.1 Å². The van der Waals surface area contributed by atoms with Gasteiger partial charge in [-0.25, -0.2) is 14.4 Å². The predicted molar refractivity (Wildman–Crippen MR) is 114 cm³/mol. The fourth-order valence-electron chi connectivity index (χ4n) is 4.60. The summed E-state index contributed by atoms with van der Waals surface area (Å²) < 4.78 is 13.8. The van der Waals surface area contributed by atoms with Crippen LogP contribution in [0, 0.1) is 18.2 Å². The molecule has 3 N–H and O–H groups in total. The molecule has 29 heavy (non-hydrogen) atoms. The fourth-order valence-corrected chi connectivity index (χ4v) is 5.73. The number of benzene rings is 1. The molecule has 1 saturated heterocycles. The molecule has 1 aromatic heterocycles. The summed E-state index contributed by atoms with van der Waals surface area (Å²) in [5.74, 6) is 0.273. The zero-order chi connectivity index (χ0) is 20.6. The largest absolute Gasteiger partial charge is 0.390 e. The zero-order valence-electron chi connectivity index (χ0n) is 16.5. The third-order valence-electron chi connectivity index (χ3n) is 6.39. The number of aromatic nitrogens is 2. The highest BCUT2D eigenvalue weighted by Crippen LogP contribution is 2.46. The van der Waals surface area contributed by atoms with Gasteiger partial charge in [0.1, 0.15) is 16.5 Å². The van der Waals surface area contributed by atoms with Gasteiger partial charge in [0, 0.05) is 24.0 Å². The van der Waals surface area contributed by atoms with Crippen LogP contribution in [0.5, 0.6) is 0 Å². The molecule has 4 rings (SSSR count). The smallest absolute Gasteiger partial charge is 0.153 e. The van der Waals surface area contributed by atoms with Gasteiger partial charge in [0.2, 0.25) is 0 Å². The Balaban J connectivity index is 1.56. The molecule has 1 aromatic carbocycles. The van der Waals surface area contributed by atoms with Crippen molar-refractivity contribution in [3.63, 3.8) is 0 Å². The summed E-state index contributed by atoms with van der Waals surface area (Å²) in [5, 5.41) is 10.6. The summed E-state index contributed by atoms with van der Waals surface area (Å²) in [6.45, 7) is 3.42. The second-order valence-electron chi connectivity index (χ2n) is 8.04. The summed E-state index contributed by atoms with van der Waals surface area (Å²) >= 11 is 7.35. The molecule has 1 saturated carbocycles. The van der Waals surface area contributed by atoms with Crippen LogP contribution >= 0.6 is 23.4 Å². The molecule has 2 aliphatic rings. The Labute approximate surface area is 179 Å². The van der Waals surface area contributed by atoms with Gasteiger partial charge in [-0.05, 0) is 50.2 Å². The minimum atomic E-state index is -0.464. The van der Waals surface area contributed by atoms with E-state index in [0.717, 1.165) is 43.9 Å². The summed E-state index contributed by atoms with van der Waals surface area (Å²) in [6, 6.07) is 4.99. The Morgan fingerprint density at radius 1 is 1.31 bits per heavy atom. The summed E-state index contributed by atoms with van der Waals surface area (Å²) in [6.07, 6.45) is 5.65. The van der Waals surface area contributed by atoms with Gasteiger partial charge in [-0.1, -0.05) is 35.9 Å². The van der Waals surface area contributed by atoms with Gasteiger partial charge in [-0.3, -0.25) is 0 Å². The maximum atomic E-state index is 13.8. The lowest BCUT2D eigenvalue weighted by molar-refractivity contribution is 0.196. The topological polar surface area (TPSA) is 75.3 Å². The van der Waals surface area contributed by atoms with Gasteiger partial charge in [0.05, 0.1) is 17.3 Å². The number of hydrogen-bond donors (Lipinski definition) is 2. The third kappa shape index (κ3) is 3.98. The number of piperidine rings is 1. The lowest BCUT2D eigenvalue weighted by Crippen LogP contribution is -2.47. The van der Waals surface area contributed by atoms with Crippen LogP contribution in [0.2, 0.25) is 5.02 Å². The van der Waals surface area contributed by atoms with E-state index >= 15 is 0 Å². The molecule has 156 valence electrons. The Hall–Kier alpha value is -1.41. The van der Waals surface area contributed by atoms with Crippen molar-refractivity contribution in [3.8, 4) is 0 Å². The molecule has 5 nitrogen and oxygen atoms in total. The molecule has 1 spiro atoms. The van der Waals surface area contributed by atoms with Gasteiger partial charge in [0.25, 0.3) is 0 Å². The van der Waals surface area contributed by atoms with Crippen LogP contribution in [-0.4, -0.2) is 34.2 Å². The van der Waals surface area contributed by atoms with E-state index in [9.17, 15) is 9.50 Å². The van der Waals surface area contributed by atoms with Gasteiger partial charge >= 0.3 is 0 Å². The molecule has 0 amide bonds. The first-order valence-corrected chi connectivity index (χ1v) is 11.2. The van der Waals surface area contributed by atoms with Crippen molar-refractivity contribution >= 4 is 29.2 Å². The summed E-state index contributed by atoms with van der Waals surface area (Å²) in [7, 11) is 0. The van der Waals surface area contributed by atoms with Crippen molar-refractivity contribution in [2.24, 2.45) is 11.1 Å². The second kappa shape index (κ2) is 8.38. The highest BCUT2D eigenvalue weighted by atomic mass is 35.5. The highest BCUT2D eigenvalue weighted by Gasteiger charge is 2.43. The number of aliphatic hydroxyl groups excluding tert-OH is 1. The summed E-state index contributed by atoms with van der Waals surface area (Å²) in [4.78, 5) is 12.2. The maximum Gasteiger partial charge on any atom is 0.153 e. The van der Waals surface area contributed by atoms with E-state index in [-0.39, 0.29) is 17.0 Å². The molecule has 1 aliphatic heterocycles. The standard InChI is InChI=1S/C21H26ClFN4OS/c1-13-20(29-16-5-2-4-14(23)18(16)22)26-15(12-28)19(25-13)27-10-8-21(9-11-27)7-3-6-17(21)24/h2,4-5,17,28H,3,6-12,24H2,1H3/t17-/m1/s1. The van der Waals surface area contributed by atoms with Gasteiger partial charge in [-0.2, -0.15) is 0 Å². The highest BCUT2D eigenvalue weighted by molar-refractivity contribution is 7.99. The van der Waals surface area contributed by atoms with E-state index in [2.05, 4.69) is 9.88 Å². The van der Waals surface area contributed by atoms with Crippen molar-refractivity contribution in [1.29, 1.82) is 0 Å². The third-order valence-corrected chi connectivity index (χ3v) is 8.02. The minimum absolute atomic E-state index is 0.0718. The van der Waals surface area contributed by atoms with Crippen LogP contribution in [0.1, 0.15) is 43.5 Å². The first-order chi connectivity index (χ1) is 13.9. The quantitative estimate of drug-likeness (QED) is 0.743. The molecule has 0 unspecified atom stereocenters. The molecule has 1 aliphatic carbocycles. The van der Waals surface area contributed by atoms with Crippen molar-refractivity contribution in [1.82, 2.24) is 9.97 Å². The minimum Gasteiger partial charge on any atom is -0.390 e. The average Bonchev–Trinajstić information content (AvgIpc) is 3.07. The van der Waals surface area contributed by atoms with E-state index in [1.165, 1.54) is 30.7 Å². The van der Waals surface area contributed by atoms with Crippen LogP contribution in [0.4, 0.5) is 10.2 Å². The molecule has 0 radical (unpaired) electrons. The molecule has 2 aromatic rings. The van der Waals surface area contributed by atoms with Gasteiger partial charge in [0.15, 0.2) is 5.82 Å². The Morgan fingerprint density at radius 3 is 2.72 bits per heavy atom. The normalized spacial score (nSPS) is 21.1. The SMILES string of the molecule is Cc1nc(N2CCC3(CCC[C@H]3N)CC2)c(CO)nc1Sc1cccc(F)c1Cl. The molecule has 2 heterocycles. The Bertz CT molecular complexity index is 904. The fraction of sp³-hybridized carbons (Fsp3) is 0.524. The zero-order valence-corrected chi connectivity index (χ0v) is 18.1. The number of aliphatic hydroxyl groups is 1. The van der Waals surface area contributed by atoms with E-state index in [4.69, 9.17) is 22.3 Å². The molecule has 8 heteroatoms. The average molecular weight is 437 g/mol. The molecule has 2 fully saturated rings. The Kier molecular flexibility index (Phi) is 6.02. The van der Waals surface area contributed by atoms with E-state index in [1.54, 1.807) is 12.1 Å². The number of hydrogen-bond acceptors (Lipinski definition) is 6. The lowest BCUT2D eigenvalue weighted by Gasteiger charge is -2.42. The number of nitrogens with zero attached hydrogens (tertiary/aromatic N) is 3. The number of halogens is 2. The van der Waals surface area contributed by atoms with E-state index < -0.39 is 5.82 Å². The molecule has 1 atom stereocenters. The molecule has 0 bridgehead atoms. The van der Waals surface area contributed by atoms with Gasteiger partial charge < -0.3 is 15.7 Å². The van der Waals surface area contributed by atoms with E-state index in [0.29, 0.717) is 21.7 Å². The van der Waals surface area contributed by atoms with Crippen molar-refractivity contribution in [2.75, 3.05) is 18.0 Å². The number of anilines is 1. The first-order valence-electron chi connectivity index (χ1n) is 10.0. The van der Waals surface area contributed by atoms with E-state index in [1.807, 2.05) is 6.92 Å². The van der Waals surface area contributed by atoms with Gasteiger partial charge in [-0.15, -0.1) is 0 Å². The number of rotatable bonds is 4. The first kappa shape index (κ1) is 20.8.